The van der Waals surface area contributed by atoms with E-state index < -0.39 is 16.9 Å². The highest BCUT2D eigenvalue weighted by atomic mass is 16.6. The van der Waals surface area contributed by atoms with Crippen molar-refractivity contribution >= 4 is 29.4 Å². The Bertz CT molecular complexity index is 892. The quantitative estimate of drug-likeness (QED) is 0.399. The number of benzene rings is 2. The Kier molecular flexibility index (Phi) is 4.17. The summed E-state index contributed by atoms with van der Waals surface area (Å²) < 4.78 is 5.16. The van der Waals surface area contributed by atoms with E-state index in [9.17, 15) is 19.7 Å². The normalized spacial score (nSPS) is 15.4. The summed E-state index contributed by atoms with van der Waals surface area (Å²) in [4.78, 5) is 36.1. The number of amides is 3. The van der Waals surface area contributed by atoms with Crippen LogP contribution in [0.2, 0.25) is 0 Å². The van der Waals surface area contributed by atoms with Crippen LogP contribution in [0.15, 0.2) is 54.2 Å². The molecule has 1 aliphatic rings. The molecule has 1 fully saturated rings. The highest BCUT2D eigenvalue weighted by Crippen LogP contribution is 2.28. The third-order valence-electron chi connectivity index (χ3n) is 3.62. The molecular formula is C17H13N3O5. The van der Waals surface area contributed by atoms with E-state index >= 15 is 0 Å². The Morgan fingerprint density at radius 1 is 1.16 bits per heavy atom. The zero-order valence-corrected chi connectivity index (χ0v) is 13.1. The van der Waals surface area contributed by atoms with E-state index in [-0.39, 0.29) is 11.4 Å². The first-order valence-corrected chi connectivity index (χ1v) is 7.26. The van der Waals surface area contributed by atoms with Gasteiger partial charge in [-0.3, -0.25) is 14.9 Å². The first kappa shape index (κ1) is 16.2. The topological polar surface area (TPSA) is 102 Å². The fourth-order valence-electron chi connectivity index (χ4n) is 2.45. The van der Waals surface area contributed by atoms with E-state index in [1.165, 1.54) is 31.4 Å². The molecule has 1 heterocycles. The lowest BCUT2D eigenvalue weighted by Crippen LogP contribution is -2.30. The SMILES string of the molecule is COc1ccc([N+](=O)[O-])cc1/C=C1\NC(=O)N(c2ccccc2)C1=O. The monoisotopic (exact) mass is 339 g/mol. The summed E-state index contributed by atoms with van der Waals surface area (Å²) in [7, 11) is 1.41. The third kappa shape index (κ3) is 3.05. The van der Waals surface area contributed by atoms with Gasteiger partial charge in [-0.25, -0.2) is 9.69 Å². The molecule has 2 aromatic rings. The summed E-state index contributed by atoms with van der Waals surface area (Å²) >= 11 is 0. The van der Waals surface area contributed by atoms with Gasteiger partial charge in [-0.1, -0.05) is 18.2 Å². The second-order valence-electron chi connectivity index (χ2n) is 5.15. The number of urea groups is 1. The summed E-state index contributed by atoms with van der Waals surface area (Å²) in [5.41, 5.74) is 0.603. The number of hydrogen-bond donors (Lipinski definition) is 1. The summed E-state index contributed by atoms with van der Waals surface area (Å²) in [6.45, 7) is 0. The largest absolute Gasteiger partial charge is 0.496 e. The van der Waals surface area contributed by atoms with Crippen molar-refractivity contribution in [2.45, 2.75) is 0 Å². The van der Waals surface area contributed by atoms with Crippen molar-refractivity contribution in [3.63, 3.8) is 0 Å². The molecule has 0 aromatic heterocycles. The second-order valence-corrected chi connectivity index (χ2v) is 5.15. The number of para-hydroxylation sites is 1. The predicted octanol–water partition coefficient (Wildman–Crippen LogP) is 2.70. The van der Waals surface area contributed by atoms with E-state index in [0.717, 1.165) is 4.90 Å². The fourth-order valence-corrected chi connectivity index (χ4v) is 2.45. The van der Waals surface area contributed by atoms with Gasteiger partial charge in [0.1, 0.15) is 11.4 Å². The summed E-state index contributed by atoms with van der Waals surface area (Å²) in [5.74, 6) is -0.205. The standard InChI is InChI=1S/C17H13N3O5/c1-25-15-8-7-13(20(23)24)9-11(15)10-14-16(21)19(17(22)18-14)12-5-3-2-4-6-12/h2-10H,1H3,(H,18,22)/b14-10-. The number of nitrogens with zero attached hydrogens (tertiary/aromatic N) is 2. The Labute approximate surface area is 142 Å². The van der Waals surface area contributed by atoms with Crippen molar-refractivity contribution in [3.8, 4) is 5.75 Å². The van der Waals surface area contributed by atoms with Crippen LogP contribution >= 0.6 is 0 Å². The van der Waals surface area contributed by atoms with E-state index in [0.29, 0.717) is 17.0 Å². The summed E-state index contributed by atoms with van der Waals surface area (Å²) in [6, 6.07) is 11.9. The highest BCUT2D eigenvalue weighted by Gasteiger charge is 2.35. The Morgan fingerprint density at radius 3 is 2.52 bits per heavy atom. The van der Waals surface area contributed by atoms with Crippen molar-refractivity contribution in [3.05, 3.63) is 69.9 Å². The minimum atomic E-state index is -0.591. The van der Waals surface area contributed by atoms with E-state index in [1.54, 1.807) is 30.3 Å². The van der Waals surface area contributed by atoms with Crippen LogP contribution in [0, 0.1) is 10.1 Å². The smallest absolute Gasteiger partial charge is 0.333 e. The Balaban J connectivity index is 2.00. The van der Waals surface area contributed by atoms with Gasteiger partial charge in [-0.05, 0) is 24.3 Å². The lowest BCUT2D eigenvalue weighted by atomic mass is 10.1. The number of nitrogens with one attached hydrogen (secondary N) is 1. The number of non-ortho nitro benzene ring substituents is 1. The fraction of sp³-hybridized carbons (Fsp3) is 0.0588. The first-order chi connectivity index (χ1) is 12.0. The average Bonchev–Trinajstić information content (AvgIpc) is 2.89. The van der Waals surface area contributed by atoms with Gasteiger partial charge in [0.2, 0.25) is 0 Å². The first-order valence-electron chi connectivity index (χ1n) is 7.26. The maximum Gasteiger partial charge on any atom is 0.333 e. The van der Waals surface area contributed by atoms with Crippen molar-refractivity contribution in [2.24, 2.45) is 0 Å². The summed E-state index contributed by atoms with van der Waals surface area (Å²) in [6.07, 6.45) is 1.36. The average molecular weight is 339 g/mol. The van der Waals surface area contributed by atoms with Crippen LogP contribution in [0.5, 0.6) is 5.75 Å². The van der Waals surface area contributed by atoms with Crippen LogP contribution < -0.4 is 15.0 Å². The minimum absolute atomic E-state index is 0.00708. The van der Waals surface area contributed by atoms with E-state index in [2.05, 4.69) is 5.32 Å². The molecule has 1 N–H and O–H groups in total. The van der Waals surface area contributed by atoms with Crippen LogP contribution in [-0.2, 0) is 4.79 Å². The van der Waals surface area contributed by atoms with Gasteiger partial charge in [-0.2, -0.15) is 0 Å². The minimum Gasteiger partial charge on any atom is -0.496 e. The lowest BCUT2D eigenvalue weighted by molar-refractivity contribution is -0.384. The van der Waals surface area contributed by atoms with Gasteiger partial charge in [-0.15, -0.1) is 0 Å². The number of carbonyl (C=O) groups is 2. The molecule has 3 amide bonds. The van der Waals surface area contributed by atoms with Crippen molar-refractivity contribution in [2.75, 3.05) is 12.0 Å². The van der Waals surface area contributed by atoms with Crippen molar-refractivity contribution in [1.29, 1.82) is 0 Å². The van der Waals surface area contributed by atoms with Crippen LogP contribution in [0.1, 0.15) is 5.56 Å². The molecule has 2 aromatic carbocycles. The van der Waals surface area contributed by atoms with Gasteiger partial charge in [0.15, 0.2) is 0 Å². The van der Waals surface area contributed by atoms with Gasteiger partial charge in [0.25, 0.3) is 11.6 Å². The molecule has 0 unspecified atom stereocenters. The van der Waals surface area contributed by atoms with E-state index in [1.807, 2.05) is 0 Å². The molecule has 126 valence electrons. The molecule has 0 radical (unpaired) electrons. The van der Waals surface area contributed by atoms with Gasteiger partial charge in [0.05, 0.1) is 17.7 Å². The molecule has 0 atom stereocenters. The maximum absolute atomic E-state index is 12.5. The van der Waals surface area contributed by atoms with Crippen molar-refractivity contribution in [1.82, 2.24) is 5.32 Å². The van der Waals surface area contributed by atoms with Crippen molar-refractivity contribution < 1.29 is 19.2 Å². The highest BCUT2D eigenvalue weighted by molar-refractivity contribution is 6.28. The van der Waals surface area contributed by atoms with E-state index in [4.69, 9.17) is 4.74 Å². The molecule has 1 saturated heterocycles. The van der Waals surface area contributed by atoms with Crippen LogP contribution in [0.4, 0.5) is 16.2 Å². The number of nitro groups is 1. The molecule has 8 heteroatoms. The molecule has 0 bridgehead atoms. The molecule has 0 saturated carbocycles. The second kappa shape index (κ2) is 6.44. The number of methoxy groups -OCH3 is 1. The molecule has 8 nitrogen and oxygen atoms in total. The molecule has 3 rings (SSSR count). The zero-order valence-electron chi connectivity index (χ0n) is 13.1. The Hall–Kier alpha value is -3.68. The number of ether oxygens (including phenoxy) is 1. The van der Waals surface area contributed by atoms with Crippen LogP contribution in [0.3, 0.4) is 0 Å². The third-order valence-corrected chi connectivity index (χ3v) is 3.62. The van der Waals surface area contributed by atoms with Crippen LogP contribution in [-0.4, -0.2) is 24.0 Å². The lowest BCUT2D eigenvalue weighted by Gasteiger charge is -2.11. The number of imide groups is 1. The number of anilines is 1. The number of hydrogen-bond acceptors (Lipinski definition) is 5. The number of nitro benzene ring substituents is 1. The number of carbonyl (C=O) groups excluding carboxylic acids is 2. The van der Waals surface area contributed by atoms with Crippen LogP contribution in [0.25, 0.3) is 6.08 Å². The molecule has 0 aliphatic carbocycles. The zero-order chi connectivity index (χ0) is 18.0. The predicted molar refractivity (Wildman–Crippen MR) is 90.1 cm³/mol. The number of rotatable bonds is 4. The summed E-state index contributed by atoms with van der Waals surface area (Å²) in [5, 5.41) is 13.4. The molecule has 1 aliphatic heterocycles. The Morgan fingerprint density at radius 2 is 1.88 bits per heavy atom. The van der Waals surface area contributed by atoms with Gasteiger partial charge in [0, 0.05) is 17.7 Å². The van der Waals surface area contributed by atoms with Gasteiger partial charge < -0.3 is 10.1 Å². The molecule has 0 spiro atoms. The molecular weight excluding hydrogens is 326 g/mol. The molecule has 25 heavy (non-hydrogen) atoms. The van der Waals surface area contributed by atoms with Gasteiger partial charge >= 0.3 is 6.03 Å². The maximum atomic E-state index is 12.5.